The maximum atomic E-state index is 12.3. The Bertz CT molecular complexity index is 491. The summed E-state index contributed by atoms with van der Waals surface area (Å²) in [5.74, 6) is 0.117. The van der Waals surface area contributed by atoms with Gasteiger partial charge in [0.2, 0.25) is 0 Å². The van der Waals surface area contributed by atoms with E-state index in [0.29, 0.717) is 18.9 Å². The Morgan fingerprint density at radius 2 is 2.15 bits per heavy atom. The van der Waals surface area contributed by atoms with Crippen molar-refractivity contribution < 1.29 is 9.72 Å². The van der Waals surface area contributed by atoms with E-state index in [9.17, 15) is 14.9 Å². The molecule has 110 valence electrons. The molecule has 1 aromatic heterocycles. The summed E-state index contributed by atoms with van der Waals surface area (Å²) < 4.78 is 0. The van der Waals surface area contributed by atoms with Crippen molar-refractivity contribution in [2.24, 2.45) is 0 Å². The second-order valence-corrected chi connectivity index (χ2v) is 4.50. The molecule has 0 atom stereocenters. The highest BCUT2D eigenvalue weighted by molar-refractivity contribution is 5.98. The van der Waals surface area contributed by atoms with E-state index in [0.717, 1.165) is 19.0 Å². The van der Waals surface area contributed by atoms with Gasteiger partial charge in [0.1, 0.15) is 17.6 Å². The van der Waals surface area contributed by atoms with Gasteiger partial charge in [-0.05, 0) is 12.8 Å². The van der Waals surface area contributed by atoms with E-state index in [-0.39, 0.29) is 17.2 Å². The Balaban J connectivity index is 3.11. The number of carbonyl (C=O) groups excluding carboxylic acids is 1. The van der Waals surface area contributed by atoms with E-state index in [2.05, 4.69) is 10.3 Å². The van der Waals surface area contributed by atoms with Crippen LogP contribution in [0, 0.1) is 10.1 Å². The Labute approximate surface area is 118 Å². The fraction of sp³-hybridized carbons (Fsp3) is 0.538. The maximum Gasteiger partial charge on any atom is 0.300 e. The van der Waals surface area contributed by atoms with Crippen LogP contribution in [0.25, 0.3) is 0 Å². The van der Waals surface area contributed by atoms with Gasteiger partial charge in [0, 0.05) is 26.2 Å². The van der Waals surface area contributed by atoms with Crippen LogP contribution in [0.3, 0.4) is 0 Å². The third-order valence-electron chi connectivity index (χ3n) is 2.77. The largest absolute Gasteiger partial charge is 0.370 e. The Morgan fingerprint density at radius 3 is 2.70 bits per heavy atom. The van der Waals surface area contributed by atoms with E-state index < -0.39 is 4.92 Å². The first-order valence-electron chi connectivity index (χ1n) is 6.65. The highest BCUT2D eigenvalue weighted by Gasteiger charge is 2.23. The molecule has 0 saturated heterocycles. The van der Waals surface area contributed by atoms with Crippen molar-refractivity contribution in [3.63, 3.8) is 0 Å². The van der Waals surface area contributed by atoms with Crippen molar-refractivity contribution in [2.45, 2.75) is 26.7 Å². The molecule has 1 aromatic rings. The molecule has 0 aliphatic rings. The number of amides is 1. The predicted molar refractivity (Wildman–Crippen MR) is 76.9 cm³/mol. The quantitative estimate of drug-likeness (QED) is 0.611. The molecule has 20 heavy (non-hydrogen) atoms. The maximum absolute atomic E-state index is 12.3. The first-order valence-corrected chi connectivity index (χ1v) is 6.65. The van der Waals surface area contributed by atoms with Gasteiger partial charge < -0.3 is 10.2 Å². The van der Waals surface area contributed by atoms with Gasteiger partial charge in [-0.3, -0.25) is 14.9 Å². The van der Waals surface area contributed by atoms with Crippen LogP contribution in [-0.2, 0) is 0 Å². The lowest BCUT2D eigenvalue weighted by Gasteiger charge is -2.16. The SMILES string of the molecule is CCCNc1cc(C(=O)N(C)CCC)c([N+](=O)[O-])cn1. The number of nitro groups is 1. The monoisotopic (exact) mass is 280 g/mol. The third-order valence-corrected chi connectivity index (χ3v) is 2.77. The molecule has 0 bridgehead atoms. The van der Waals surface area contributed by atoms with E-state index in [4.69, 9.17) is 0 Å². The minimum atomic E-state index is -0.580. The standard InChI is InChI=1S/C13H20N4O3/c1-4-6-14-12-8-10(11(9-15-12)17(19)20)13(18)16(3)7-5-2/h8-9H,4-7H2,1-3H3,(H,14,15). The van der Waals surface area contributed by atoms with Gasteiger partial charge in [-0.25, -0.2) is 4.98 Å². The molecule has 1 N–H and O–H groups in total. The molecule has 1 rings (SSSR count). The Morgan fingerprint density at radius 1 is 1.45 bits per heavy atom. The number of carbonyl (C=O) groups is 1. The summed E-state index contributed by atoms with van der Waals surface area (Å²) in [5, 5.41) is 14.0. The van der Waals surface area contributed by atoms with Crippen molar-refractivity contribution in [1.29, 1.82) is 0 Å². The fourth-order valence-electron chi connectivity index (χ4n) is 1.76. The van der Waals surface area contributed by atoms with Gasteiger partial charge in [0.25, 0.3) is 11.6 Å². The lowest BCUT2D eigenvalue weighted by molar-refractivity contribution is -0.385. The predicted octanol–water partition coefficient (Wildman–Crippen LogP) is 2.29. The summed E-state index contributed by atoms with van der Waals surface area (Å²) in [6, 6.07) is 1.45. The molecule has 7 heteroatoms. The number of rotatable bonds is 7. The lowest BCUT2D eigenvalue weighted by atomic mass is 10.2. The first kappa shape index (κ1) is 15.9. The normalized spacial score (nSPS) is 10.2. The molecule has 0 spiro atoms. The van der Waals surface area contributed by atoms with E-state index >= 15 is 0 Å². The molecule has 1 amide bonds. The molecule has 7 nitrogen and oxygen atoms in total. The molecule has 0 aliphatic carbocycles. The smallest absolute Gasteiger partial charge is 0.300 e. The van der Waals surface area contributed by atoms with Crippen LogP contribution in [0.15, 0.2) is 12.3 Å². The number of nitrogens with one attached hydrogen (secondary N) is 1. The van der Waals surface area contributed by atoms with Crippen molar-refractivity contribution in [3.8, 4) is 0 Å². The molecule has 0 aromatic carbocycles. The van der Waals surface area contributed by atoms with Crippen LogP contribution in [0.4, 0.5) is 11.5 Å². The number of anilines is 1. The molecule has 0 radical (unpaired) electrons. The van der Waals surface area contributed by atoms with Crippen LogP contribution in [0.5, 0.6) is 0 Å². The van der Waals surface area contributed by atoms with Crippen LogP contribution in [-0.4, -0.2) is 40.9 Å². The average molecular weight is 280 g/mol. The second kappa shape index (κ2) is 7.42. The fourth-order valence-corrected chi connectivity index (χ4v) is 1.76. The van der Waals surface area contributed by atoms with Crippen molar-refractivity contribution in [2.75, 3.05) is 25.5 Å². The number of nitrogens with zero attached hydrogens (tertiary/aromatic N) is 3. The summed E-state index contributed by atoms with van der Waals surface area (Å²) in [5.41, 5.74) is -0.195. The number of pyridine rings is 1. The highest BCUT2D eigenvalue weighted by Crippen LogP contribution is 2.21. The lowest BCUT2D eigenvalue weighted by Crippen LogP contribution is -2.28. The molecule has 0 unspecified atom stereocenters. The van der Waals surface area contributed by atoms with Crippen LogP contribution in [0.2, 0.25) is 0 Å². The van der Waals surface area contributed by atoms with Crippen LogP contribution in [0.1, 0.15) is 37.0 Å². The summed E-state index contributed by atoms with van der Waals surface area (Å²) in [6.07, 6.45) is 2.82. The first-order chi connectivity index (χ1) is 9.51. The molecule has 1 heterocycles. The summed E-state index contributed by atoms with van der Waals surface area (Å²) >= 11 is 0. The zero-order valence-electron chi connectivity index (χ0n) is 12.0. The highest BCUT2D eigenvalue weighted by atomic mass is 16.6. The van der Waals surface area contributed by atoms with Gasteiger partial charge in [0.15, 0.2) is 0 Å². The van der Waals surface area contributed by atoms with E-state index in [1.807, 2.05) is 13.8 Å². The third kappa shape index (κ3) is 3.91. The van der Waals surface area contributed by atoms with Gasteiger partial charge in [-0.2, -0.15) is 0 Å². The number of hydrogen-bond acceptors (Lipinski definition) is 5. The molecular formula is C13H20N4O3. The topological polar surface area (TPSA) is 88.4 Å². The van der Waals surface area contributed by atoms with Gasteiger partial charge >= 0.3 is 0 Å². The number of hydrogen-bond donors (Lipinski definition) is 1. The zero-order chi connectivity index (χ0) is 15.1. The minimum absolute atomic E-state index is 0.0690. The number of aromatic nitrogens is 1. The van der Waals surface area contributed by atoms with Crippen molar-refractivity contribution >= 4 is 17.4 Å². The van der Waals surface area contributed by atoms with Gasteiger partial charge in [0.05, 0.1) is 4.92 Å². The average Bonchev–Trinajstić information content (AvgIpc) is 2.44. The molecule has 0 saturated carbocycles. The van der Waals surface area contributed by atoms with E-state index in [1.165, 1.54) is 11.0 Å². The van der Waals surface area contributed by atoms with Gasteiger partial charge in [-0.15, -0.1) is 0 Å². The summed E-state index contributed by atoms with van der Waals surface area (Å²) in [6.45, 7) is 5.19. The van der Waals surface area contributed by atoms with Crippen LogP contribution >= 0.6 is 0 Å². The second-order valence-electron chi connectivity index (χ2n) is 4.50. The van der Waals surface area contributed by atoms with Crippen LogP contribution < -0.4 is 5.32 Å². The van der Waals surface area contributed by atoms with Crippen molar-refractivity contribution in [1.82, 2.24) is 9.88 Å². The molecule has 0 aliphatic heterocycles. The minimum Gasteiger partial charge on any atom is -0.370 e. The summed E-state index contributed by atoms with van der Waals surface area (Å²) in [7, 11) is 1.63. The summed E-state index contributed by atoms with van der Waals surface area (Å²) in [4.78, 5) is 28.1. The van der Waals surface area contributed by atoms with Crippen molar-refractivity contribution in [3.05, 3.63) is 27.9 Å². The van der Waals surface area contributed by atoms with E-state index in [1.54, 1.807) is 7.05 Å². The Kier molecular flexibility index (Phi) is 5.89. The van der Waals surface area contributed by atoms with Gasteiger partial charge in [-0.1, -0.05) is 13.8 Å². The zero-order valence-corrected chi connectivity index (χ0v) is 12.0. The Hall–Kier alpha value is -2.18. The molecular weight excluding hydrogens is 260 g/mol. The molecule has 0 fully saturated rings.